The highest BCUT2D eigenvalue weighted by molar-refractivity contribution is 5.98. The van der Waals surface area contributed by atoms with Gasteiger partial charge >= 0.3 is 0 Å². The van der Waals surface area contributed by atoms with Gasteiger partial charge in [0, 0.05) is 5.56 Å². The Labute approximate surface area is 99.3 Å². The van der Waals surface area contributed by atoms with Gasteiger partial charge in [-0.1, -0.05) is 17.3 Å². The summed E-state index contributed by atoms with van der Waals surface area (Å²) in [7, 11) is 0. The number of ether oxygens (including phenoxy) is 2. The van der Waals surface area contributed by atoms with E-state index in [0.717, 1.165) is 5.56 Å². The molecule has 0 spiro atoms. The minimum absolute atomic E-state index is 0.307. The Kier molecular flexibility index (Phi) is 3.61. The summed E-state index contributed by atoms with van der Waals surface area (Å²) >= 11 is 0. The average molecular weight is 237 g/mol. The number of oxime groups is 1. The molecule has 1 aromatic carbocycles. The van der Waals surface area contributed by atoms with E-state index in [2.05, 4.69) is 5.16 Å². The minimum Gasteiger partial charge on any atom is -0.485 e. The Morgan fingerprint density at radius 3 is 2.94 bits per heavy atom. The molecule has 0 bridgehead atoms. The van der Waals surface area contributed by atoms with E-state index in [9.17, 15) is 5.11 Å². The molecule has 2 atom stereocenters. The number of nitrogens with zero attached hydrogens (tertiary/aromatic N) is 1. The Hall–Kier alpha value is -1.59. The molecule has 0 aromatic heterocycles. The molecule has 0 aliphatic carbocycles. The smallest absolute Gasteiger partial charge is 0.150 e. The Morgan fingerprint density at radius 1 is 1.47 bits per heavy atom. The van der Waals surface area contributed by atoms with Crippen molar-refractivity contribution in [1.82, 2.24) is 0 Å². The number of aliphatic hydroxyl groups is 1. The molecule has 2 rings (SSSR count). The zero-order valence-corrected chi connectivity index (χ0v) is 9.54. The average Bonchev–Trinajstić information content (AvgIpc) is 2.74. The summed E-state index contributed by atoms with van der Waals surface area (Å²) in [6.07, 6.45) is -0.928. The van der Waals surface area contributed by atoms with E-state index in [0.29, 0.717) is 24.7 Å². The van der Waals surface area contributed by atoms with Crippen LogP contribution in [0, 0.1) is 0 Å². The van der Waals surface area contributed by atoms with E-state index < -0.39 is 6.10 Å². The van der Waals surface area contributed by atoms with Crippen LogP contribution in [-0.4, -0.2) is 41.4 Å². The first kappa shape index (κ1) is 11.9. The van der Waals surface area contributed by atoms with E-state index in [-0.39, 0.29) is 6.10 Å². The molecule has 1 heterocycles. The standard InChI is InChI=1S/C12H15NO4/c1-8(13-15)9-3-2-4-10(5-9)17-12-7-16-6-11(12)14/h2-5,11-12,14-15H,6-7H2,1H3/b13-8-. The molecule has 0 saturated carbocycles. The summed E-state index contributed by atoms with van der Waals surface area (Å²) in [4.78, 5) is 0. The molecule has 0 amide bonds. The van der Waals surface area contributed by atoms with E-state index >= 15 is 0 Å². The number of rotatable bonds is 3. The Balaban J connectivity index is 2.11. The first-order valence-corrected chi connectivity index (χ1v) is 5.42. The lowest BCUT2D eigenvalue weighted by atomic mass is 10.1. The normalized spacial score (nSPS) is 24.9. The van der Waals surface area contributed by atoms with E-state index in [1.54, 1.807) is 19.1 Å². The fourth-order valence-electron chi connectivity index (χ4n) is 1.66. The molecule has 5 heteroatoms. The zero-order valence-electron chi connectivity index (χ0n) is 9.54. The van der Waals surface area contributed by atoms with E-state index in [1.165, 1.54) is 0 Å². The summed E-state index contributed by atoms with van der Waals surface area (Å²) in [5.41, 5.74) is 1.29. The first-order chi connectivity index (χ1) is 8.20. The fourth-order valence-corrected chi connectivity index (χ4v) is 1.66. The highest BCUT2D eigenvalue weighted by Crippen LogP contribution is 2.19. The zero-order chi connectivity index (χ0) is 12.3. The van der Waals surface area contributed by atoms with Crippen LogP contribution in [0.3, 0.4) is 0 Å². The molecule has 92 valence electrons. The van der Waals surface area contributed by atoms with Gasteiger partial charge in [0.25, 0.3) is 0 Å². The summed E-state index contributed by atoms with van der Waals surface area (Å²) < 4.78 is 10.7. The highest BCUT2D eigenvalue weighted by Gasteiger charge is 2.27. The van der Waals surface area contributed by atoms with Crippen molar-refractivity contribution in [3.8, 4) is 5.75 Å². The molecule has 17 heavy (non-hydrogen) atoms. The van der Waals surface area contributed by atoms with Crippen LogP contribution in [0.2, 0.25) is 0 Å². The van der Waals surface area contributed by atoms with Gasteiger partial charge in [-0.2, -0.15) is 0 Å². The van der Waals surface area contributed by atoms with Crippen molar-refractivity contribution in [3.63, 3.8) is 0 Å². The minimum atomic E-state index is -0.591. The quantitative estimate of drug-likeness (QED) is 0.468. The fraction of sp³-hybridized carbons (Fsp3) is 0.417. The number of hydrogen-bond acceptors (Lipinski definition) is 5. The maximum absolute atomic E-state index is 9.56. The van der Waals surface area contributed by atoms with Gasteiger partial charge in [0.1, 0.15) is 18.0 Å². The Morgan fingerprint density at radius 2 is 2.29 bits per heavy atom. The number of benzene rings is 1. The van der Waals surface area contributed by atoms with Gasteiger partial charge in [0.15, 0.2) is 0 Å². The van der Waals surface area contributed by atoms with Crippen LogP contribution in [-0.2, 0) is 4.74 Å². The van der Waals surface area contributed by atoms with Gasteiger partial charge in [0.2, 0.25) is 0 Å². The summed E-state index contributed by atoms with van der Waals surface area (Å²) in [5.74, 6) is 0.625. The first-order valence-electron chi connectivity index (χ1n) is 5.42. The third-order valence-electron chi connectivity index (χ3n) is 2.69. The molecule has 0 radical (unpaired) electrons. The van der Waals surface area contributed by atoms with Gasteiger partial charge in [-0.25, -0.2) is 0 Å². The molecule has 2 unspecified atom stereocenters. The van der Waals surface area contributed by atoms with Crippen LogP contribution in [0.5, 0.6) is 5.75 Å². The predicted octanol–water partition coefficient (Wildman–Crippen LogP) is 1.02. The predicted molar refractivity (Wildman–Crippen MR) is 61.7 cm³/mol. The van der Waals surface area contributed by atoms with Crippen LogP contribution in [0.15, 0.2) is 29.4 Å². The molecule has 5 nitrogen and oxygen atoms in total. The second-order valence-electron chi connectivity index (χ2n) is 3.97. The lowest BCUT2D eigenvalue weighted by Crippen LogP contribution is -2.29. The van der Waals surface area contributed by atoms with Crippen molar-refractivity contribution in [2.45, 2.75) is 19.1 Å². The van der Waals surface area contributed by atoms with Crippen molar-refractivity contribution < 1.29 is 19.8 Å². The third kappa shape index (κ3) is 2.75. The molecule has 2 N–H and O–H groups in total. The third-order valence-corrected chi connectivity index (χ3v) is 2.69. The van der Waals surface area contributed by atoms with Gasteiger partial charge in [-0.05, 0) is 19.1 Å². The molecule has 1 aliphatic heterocycles. The van der Waals surface area contributed by atoms with E-state index in [4.69, 9.17) is 14.7 Å². The molecule has 1 fully saturated rings. The largest absolute Gasteiger partial charge is 0.485 e. The second kappa shape index (κ2) is 5.16. The van der Waals surface area contributed by atoms with Crippen LogP contribution in [0.4, 0.5) is 0 Å². The maximum atomic E-state index is 9.56. The van der Waals surface area contributed by atoms with Gasteiger partial charge in [-0.15, -0.1) is 0 Å². The lowest BCUT2D eigenvalue weighted by Gasteiger charge is -2.15. The summed E-state index contributed by atoms with van der Waals surface area (Å²) in [6, 6.07) is 7.18. The van der Waals surface area contributed by atoms with Crippen LogP contribution in [0.1, 0.15) is 12.5 Å². The van der Waals surface area contributed by atoms with Crippen LogP contribution < -0.4 is 4.74 Å². The summed E-state index contributed by atoms with van der Waals surface area (Å²) in [6.45, 7) is 2.40. The second-order valence-corrected chi connectivity index (χ2v) is 3.97. The number of hydrogen-bond donors (Lipinski definition) is 2. The van der Waals surface area contributed by atoms with Gasteiger partial charge in [-0.3, -0.25) is 0 Å². The topological polar surface area (TPSA) is 71.3 Å². The summed E-state index contributed by atoms with van der Waals surface area (Å²) in [5, 5.41) is 21.4. The molecule has 1 aromatic rings. The van der Waals surface area contributed by atoms with Crippen molar-refractivity contribution >= 4 is 5.71 Å². The lowest BCUT2D eigenvalue weighted by molar-refractivity contribution is 0.0733. The van der Waals surface area contributed by atoms with Crippen molar-refractivity contribution in [2.75, 3.05) is 13.2 Å². The van der Waals surface area contributed by atoms with Gasteiger partial charge in [0.05, 0.1) is 18.9 Å². The molecular formula is C12H15NO4. The van der Waals surface area contributed by atoms with Crippen LogP contribution in [0.25, 0.3) is 0 Å². The SMILES string of the molecule is C/C(=N/O)c1cccc(OC2COCC2O)c1. The molecular weight excluding hydrogens is 222 g/mol. The number of aliphatic hydroxyl groups excluding tert-OH is 1. The molecule has 1 saturated heterocycles. The Bertz CT molecular complexity index is 419. The van der Waals surface area contributed by atoms with Crippen molar-refractivity contribution in [2.24, 2.45) is 5.16 Å². The van der Waals surface area contributed by atoms with E-state index in [1.807, 2.05) is 12.1 Å². The highest BCUT2D eigenvalue weighted by atomic mass is 16.6. The van der Waals surface area contributed by atoms with Crippen molar-refractivity contribution in [1.29, 1.82) is 0 Å². The van der Waals surface area contributed by atoms with Crippen LogP contribution >= 0.6 is 0 Å². The maximum Gasteiger partial charge on any atom is 0.150 e. The molecule has 1 aliphatic rings. The van der Waals surface area contributed by atoms with Crippen molar-refractivity contribution in [3.05, 3.63) is 29.8 Å². The monoisotopic (exact) mass is 237 g/mol. The van der Waals surface area contributed by atoms with Gasteiger partial charge < -0.3 is 19.8 Å².